The van der Waals surface area contributed by atoms with Gasteiger partial charge >= 0.3 is 0 Å². The summed E-state index contributed by atoms with van der Waals surface area (Å²) in [6.07, 6.45) is 5.97. The third kappa shape index (κ3) is 3.33. The topological polar surface area (TPSA) is 38.4 Å². The van der Waals surface area contributed by atoms with Crippen molar-refractivity contribution in [2.75, 3.05) is 6.54 Å². The van der Waals surface area contributed by atoms with E-state index in [9.17, 15) is 0 Å². The van der Waals surface area contributed by atoms with E-state index >= 15 is 0 Å². The average Bonchev–Trinajstić information content (AvgIpc) is 2.26. The summed E-state index contributed by atoms with van der Waals surface area (Å²) in [4.78, 5) is 4.12. The van der Waals surface area contributed by atoms with Crippen molar-refractivity contribution in [3.8, 4) is 0 Å². The van der Waals surface area contributed by atoms with Crippen LogP contribution in [0.25, 0.3) is 6.08 Å². The summed E-state index contributed by atoms with van der Waals surface area (Å²) in [5.74, 6) is 0. The summed E-state index contributed by atoms with van der Waals surface area (Å²) in [6, 6.07) is 6.20. The van der Waals surface area contributed by atoms with Crippen LogP contribution in [-0.2, 0) is 6.54 Å². The first-order valence-corrected chi connectivity index (χ1v) is 5.19. The first-order chi connectivity index (χ1) is 7.29. The minimum atomic E-state index is 0.598. The van der Waals surface area contributed by atoms with Crippen molar-refractivity contribution >= 4 is 12.3 Å². The standard InChI is InChI=1S/C13H18N2/c1-3-15-9-5-8-12-6-4-7-13(10-14)11(12)2/h3-8H,9-10,14H2,1-2H3. The van der Waals surface area contributed by atoms with Crippen LogP contribution >= 0.6 is 0 Å². The average molecular weight is 202 g/mol. The molecule has 0 saturated heterocycles. The Morgan fingerprint density at radius 1 is 1.40 bits per heavy atom. The van der Waals surface area contributed by atoms with Gasteiger partial charge < -0.3 is 5.73 Å². The van der Waals surface area contributed by atoms with Gasteiger partial charge in [0.1, 0.15) is 0 Å². The van der Waals surface area contributed by atoms with Crippen LogP contribution < -0.4 is 5.73 Å². The number of rotatable bonds is 4. The van der Waals surface area contributed by atoms with Crippen molar-refractivity contribution in [3.05, 3.63) is 41.0 Å². The van der Waals surface area contributed by atoms with E-state index < -0.39 is 0 Å². The van der Waals surface area contributed by atoms with Gasteiger partial charge in [-0.05, 0) is 36.8 Å². The van der Waals surface area contributed by atoms with Crippen molar-refractivity contribution in [1.29, 1.82) is 0 Å². The molecule has 0 atom stereocenters. The largest absolute Gasteiger partial charge is 0.326 e. The van der Waals surface area contributed by atoms with Gasteiger partial charge in [-0.2, -0.15) is 0 Å². The Kier molecular flexibility index (Phi) is 4.78. The number of benzene rings is 1. The molecular weight excluding hydrogens is 184 g/mol. The highest BCUT2D eigenvalue weighted by Crippen LogP contribution is 2.14. The Labute approximate surface area is 91.5 Å². The lowest BCUT2D eigenvalue weighted by molar-refractivity contribution is 1.05. The maximum absolute atomic E-state index is 5.65. The molecule has 80 valence electrons. The summed E-state index contributed by atoms with van der Waals surface area (Å²) in [7, 11) is 0. The molecule has 1 aromatic rings. The molecule has 15 heavy (non-hydrogen) atoms. The molecule has 0 aliphatic carbocycles. The lowest BCUT2D eigenvalue weighted by Crippen LogP contribution is -1.99. The number of hydrogen-bond donors (Lipinski definition) is 1. The van der Waals surface area contributed by atoms with E-state index in [2.05, 4.69) is 36.2 Å². The molecule has 2 N–H and O–H groups in total. The molecule has 0 spiro atoms. The van der Waals surface area contributed by atoms with Gasteiger partial charge in [-0.3, -0.25) is 4.99 Å². The first kappa shape index (κ1) is 11.7. The van der Waals surface area contributed by atoms with Gasteiger partial charge in [0.05, 0.1) is 6.54 Å². The molecule has 1 rings (SSSR count). The van der Waals surface area contributed by atoms with Crippen LogP contribution in [-0.4, -0.2) is 12.8 Å². The fraction of sp³-hybridized carbons (Fsp3) is 0.308. The molecule has 0 aliphatic rings. The zero-order chi connectivity index (χ0) is 11.1. The molecule has 0 heterocycles. The SMILES string of the molecule is CC=NCC=Cc1cccc(CN)c1C. The molecule has 1 aromatic carbocycles. The van der Waals surface area contributed by atoms with Crippen LogP contribution in [0.5, 0.6) is 0 Å². The third-order valence-corrected chi connectivity index (χ3v) is 2.40. The van der Waals surface area contributed by atoms with Crippen molar-refractivity contribution in [2.24, 2.45) is 10.7 Å². The van der Waals surface area contributed by atoms with E-state index in [1.807, 2.05) is 19.2 Å². The lowest BCUT2D eigenvalue weighted by atomic mass is 10.0. The van der Waals surface area contributed by atoms with Crippen LogP contribution in [0, 0.1) is 6.92 Å². The van der Waals surface area contributed by atoms with Crippen LogP contribution in [0.3, 0.4) is 0 Å². The minimum absolute atomic E-state index is 0.598. The maximum atomic E-state index is 5.65. The monoisotopic (exact) mass is 202 g/mol. The molecule has 0 unspecified atom stereocenters. The van der Waals surface area contributed by atoms with Crippen molar-refractivity contribution in [3.63, 3.8) is 0 Å². The van der Waals surface area contributed by atoms with Crippen molar-refractivity contribution in [2.45, 2.75) is 20.4 Å². The molecule has 2 nitrogen and oxygen atoms in total. The second kappa shape index (κ2) is 6.14. The van der Waals surface area contributed by atoms with Crippen LogP contribution in [0.4, 0.5) is 0 Å². The Balaban J connectivity index is 2.81. The van der Waals surface area contributed by atoms with Gasteiger partial charge in [0.15, 0.2) is 0 Å². The first-order valence-electron chi connectivity index (χ1n) is 5.19. The fourth-order valence-corrected chi connectivity index (χ4v) is 1.45. The van der Waals surface area contributed by atoms with Gasteiger partial charge in [0, 0.05) is 6.54 Å². The highest BCUT2D eigenvalue weighted by Gasteiger charge is 1.98. The predicted octanol–water partition coefficient (Wildman–Crippen LogP) is 2.56. The van der Waals surface area contributed by atoms with E-state index in [0.717, 1.165) is 6.54 Å². The summed E-state index contributed by atoms with van der Waals surface area (Å²) < 4.78 is 0. The molecule has 0 saturated carbocycles. The Morgan fingerprint density at radius 2 is 2.20 bits per heavy atom. The number of nitrogens with zero attached hydrogens (tertiary/aromatic N) is 1. The van der Waals surface area contributed by atoms with Crippen LogP contribution in [0.1, 0.15) is 23.6 Å². The van der Waals surface area contributed by atoms with E-state index in [1.54, 1.807) is 0 Å². The van der Waals surface area contributed by atoms with Gasteiger partial charge in [0.2, 0.25) is 0 Å². The van der Waals surface area contributed by atoms with Crippen LogP contribution in [0.2, 0.25) is 0 Å². The number of nitrogens with two attached hydrogens (primary N) is 1. The van der Waals surface area contributed by atoms with Gasteiger partial charge in [-0.15, -0.1) is 0 Å². The summed E-state index contributed by atoms with van der Waals surface area (Å²) in [5, 5.41) is 0. The second-order valence-corrected chi connectivity index (χ2v) is 3.36. The highest BCUT2D eigenvalue weighted by molar-refractivity contribution is 5.57. The Morgan fingerprint density at radius 3 is 2.87 bits per heavy atom. The molecule has 0 amide bonds. The molecule has 0 aliphatic heterocycles. The smallest absolute Gasteiger partial charge is 0.0569 e. The number of aliphatic imine (C=N–C) groups is 1. The van der Waals surface area contributed by atoms with E-state index in [-0.39, 0.29) is 0 Å². The van der Waals surface area contributed by atoms with Crippen LogP contribution in [0.15, 0.2) is 29.3 Å². The Hall–Kier alpha value is -1.41. The molecule has 0 bridgehead atoms. The molecule has 0 radical (unpaired) electrons. The Bertz CT molecular complexity index is 365. The summed E-state index contributed by atoms with van der Waals surface area (Å²) in [5.41, 5.74) is 9.34. The van der Waals surface area contributed by atoms with Gasteiger partial charge in [-0.25, -0.2) is 0 Å². The molecule has 0 aromatic heterocycles. The lowest BCUT2D eigenvalue weighted by Gasteiger charge is -2.05. The summed E-state index contributed by atoms with van der Waals surface area (Å²) >= 11 is 0. The maximum Gasteiger partial charge on any atom is 0.0569 e. The zero-order valence-corrected chi connectivity index (χ0v) is 9.40. The third-order valence-electron chi connectivity index (χ3n) is 2.40. The van der Waals surface area contributed by atoms with Gasteiger partial charge in [-0.1, -0.05) is 30.4 Å². The van der Waals surface area contributed by atoms with E-state index in [1.165, 1.54) is 16.7 Å². The molecular formula is C13H18N2. The molecule has 0 fully saturated rings. The number of hydrogen-bond acceptors (Lipinski definition) is 2. The van der Waals surface area contributed by atoms with E-state index in [0.29, 0.717) is 6.54 Å². The zero-order valence-electron chi connectivity index (χ0n) is 9.40. The second-order valence-electron chi connectivity index (χ2n) is 3.36. The van der Waals surface area contributed by atoms with Crippen molar-refractivity contribution in [1.82, 2.24) is 0 Å². The van der Waals surface area contributed by atoms with E-state index in [4.69, 9.17) is 5.73 Å². The fourth-order valence-electron chi connectivity index (χ4n) is 1.45. The molecule has 2 heteroatoms. The quantitative estimate of drug-likeness (QED) is 0.749. The highest BCUT2D eigenvalue weighted by atomic mass is 14.7. The predicted molar refractivity (Wildman–Crippen MR) is 67.1 cm³/mol. The van der Waals surface area contributed by atoms with Gasteiger partial charge in [0.25, 0.3) is 0 Å². The van der Waals surface area contributed by atoms with Crippen molar-refractivity contribution < 1.29 is 0 Å². The summed E-state index contributed by atoms with van der Waals surface area (Å²) in [6.45, 7) is 5.36. The minimum Gasteiger partial charge on any atom is -0.326 e. The normalized spacial score (nSPS) is 11.7.